The van der Waals surface area contributed by atoms with Gasteiger partial charge in [0.1, 0.15) is 0 Å². The first-order valence-electron chi connectivity index (χ1n) is 8.17. The number of amides is 1. The van der Waals surface area contributed by atoms with Crippen LogP contribution < -0.4 is 5.73 Å². The van der Waals surface area contributed by atoms with Crippen molar-refractivity contribution in [1.29, 1.82) is 0 Å². The van der Waals surface area contributed by atoms with Crippen molar-refractivity contribution in [1.82, 2.24) is 4.90 Å². The molecule has 0 saturated heterocycles. The fourth-order valence-electron chi connectivity index (χ4n) is 3.70. The molecule has 116 valence electrons. The topological polar surface area (TPSA) is 46.3 Å². The van der Waals surface area contributed by atoms with Crippen LogP contribution in [-0.4, -0.2) is 29.9 Å². The Morgan fingerprint density at radius 2 is 1.86 bits per heavy atom. The summed E-state index contributed by atoms with van der Waals surface area (Å²) in [4.78, 5) is 15.1. The summed E-state index contributed by atoms with van der Waals surface area (Å²) in [6.07, 6.45) is 4.69. The van der Waals surface area contributed by atoms with Gasteiger partial charge < -0.3 is 10.6 Å². The Kier molecular flexibility index (Phi) is 5.40. The fourth-order valence-corrected chi connectivity index (χ4v) is 3.70. The first kappa shape index (κ1) is 16.0. The van der Waals surface area contributed by atoms with E-state index in [0.29, 0.717) is 18.5 Å². The smallest absolute Gasteiger partial charge is 0.254 e. The number of nitrogens with two attached hydrogens (primary N) is 1. The van der Waals surface area contributed by atoms with Crippen LogP contribution in [0, 0.1) is 19.8 Å². The Morgan fingerprint density at radius 3 is 2.43 bits per heavy atom. The quantitative estimate of drug-likeness (QED) is 0.924. The van der Waals surface area contributed by atoms with Gasteiger partial charge in [0.05, 0.1) is 0 Å². The lowest BCUT2D eigenvalue weighted by Crippen LogP contribution is -2.48. The van der Waals surface area contributed by atoms with Gasteiger partial charge in [-0.15, -0.1) is 0 Å². The largest absolute Gasteiger partial charge is 0.336 e. The molecule has 21 heavy (non-hydrogen) atoms. The van der Waals surface area contributed by atoms with Crippen LogP contribution in [0.1, 0.15) is 54.1 Å². The molecule has 1 aromatic rings. The highest BCUT2D eigenvalue weighted by molar-refractivity contribution is 5.97. The van der Waals surface area contributed by atoms with Crippen LogP contribution in [0.2, 0.25) is 0 Å². The third kappa shape index (κ3) is 3.29. The van der Waals surface area contributed by atoms with Crippen molar-refractivity contribution in [2.45, 2.75) is 52.5 Å². The summed E-state index contributed by atoms with van der Waals surface area (Å²) in [5.74, 6) is 0.630. The SMILES string of the molecule is CCN(C(=O)c1c(C)cccc1C)C1CCCCC1CN. The average molecular weight is 288 g/mol. The molecule has 2 unspecified atom stereocenters. The summed E-state index contributed by atoms with van der Waals surface area (Å²) < 4.78 is 0. The second kappa shape index (κ2) is 7.08. The zero-order valence-electron chi connectivity index (χ0n) is 13.6. The van der Waals surface area contributed by atoms with E-state index in [1.54, 1.807) is 0 Å². The third-order valence-corrected chi connectivity index (χ3v) is 4.87. The normalized spacial score (nSPS) is 22.1. The fraction of sp³-hybridized carbons (Fsp3) is 0.611. The Labute approximate surface area is 128 Å². The molecular formula is C18H28N2O. The number of hydrogen-bond acceptors (Lipinski definition) is 2. The highest BCUT2D eigenvalue weighted by atomic mass is 16.2. The van der Waals surface area contributed by atoms with E-state index in [9.17, 15) is 4.79 Å². The summed E-state index contributed by atoms with van der Waals surface area (Å²) in [5, 5.41) is 0. The Hall–Kier alpha value is -1.35. The second-order valence-corrected chi connectivity index (χ2v) is 6.21. The molecule has 1 fully saturated rings. The predicted molar refractivity (Wildman–Crippen MR) is 87.4 cm³/mol. The minimum atomic E-state index is 0.179. The van der Waals surface area contributed by atoms with E-state index in [2.05, 4.69) is 11.8 Å². The number of rotatable bonds is 4. The van der Waals surface area contributed by atoms with Crippen LogP contribution in [-0.2, 0) is 0 Å². The van der Waals surface area contributed by atoms with Crippen molar-refractivity contribution >= 4 is 5.91 Å². The summed E-state index contributed by atoms with van der Waals surface area (Å²) in [6.45, 7) is 7.56. The van der Waals surface area contributed by atoms with Gasteiger partial charge in [-0.1, -0.05) is 31.0 Å². The minimum Gasteiger partial charge on any atom is -0.336 e. The number of aryl methyl sites for hydroxylation is 2. The van der Waals surface area contributed by atoms with Crippen LogP contribution in [0.3, 0.4) is 0 Å². The number of nitrogens with zero attached hydrogens (tertiary/aromatic N) is 1. The number of benzene rings is 1. The zero-order chi connectivity index (χ0) is 15.4. The lowest BCUT2D eigenvalue weighted by molar-refractivity contribution is 0.0558. The van der Waals surface area contributed by atoms with E-state index >= 15 is 0 Å². The molecule has 0 aromatic heterocycles. The molecule has 3 nitrogen and oxygen atoms in total. The van der Waals surface area contributed by atoms with E-state index < -0.39 is 0 Å². The zero-order valence-corrected chi connectivity index (χ0v) is 13.6. The van der Waals surface area contributed by atoms with Crippen LogP contribution in [0.4, 0.5) is 0 Å². The van der Waals surface area contributed by atoms with Crippen molar-refractivity contribution in [3.05, 3.63) is 34.9 Å². The maximum atomic E-state index is 13.1. The van der Waals surface area contributed by atoms with Crippen molar-refractivity contribution in [2.75, 3.05) is 13.1 Å². The van der Waals surface area contributed by atoms with Crippen LogP contribution in [0.25, 0.3) is 0 Å². The van der Waals surface area contributed by atoms with E-state index in [-0.39, 0.29) is 5.91 Å². The monoisotopic (exact) mass is 288 g/mol. The average Bonchev–Trinajstić information content (AvgIpc) is 2.48. The molecule has 3 heteroatoms. The highest BCUT2D eigenvalue weighted by Gasteiger charge is 2.32. The Bertz CT molecular complexity index is 478. The second-order valence-electron chi connectivity index (χ2n) is 6.21. The van der Waals surface area contributed by atoms with Crippen molar-refractivity contribution in [2.24, 2.45) is 11.7 Å². The van der Waals surface area contributed by atoms with Gasteiger partial charge >= 0.3 is 0 Å². The maximum absolute atomic E-state index is 13.1. The first-order valence-corrected chi connectivity index (χ1v) is 8.17. The highest BCUT2D eigenvalue weighted by Crippen LogP contribution is 2.29. The van der Waals surface area contributed by atoms with Gasteiger partial charge in [0.2, 0.25) is 0 Å². The lowest BCUT2D eigenvalue weighted by Gasteiger charge is -2.39. The maximum Gasteiger partial charge on any atom is 0.254 e. The molecule has 0 spiro atoms. The minimum absolute atomic E-state index is 0.179. The molecule has 0 radical (unpaired) electrons. The Balaban J connectivity index is 2.30. The molecule has 1 amide bonds. The molecule has 0 heterocycles. The lowest BCUT2D eigenvalue weighted by atomic mass is 9.83. The van der Waals surface area contributed by atoms with Gasteiger partial charge in [-0.25, -0.2) is 0 Å². The van der Waals surface area contributed by atoms with E-state index in [0.717, 1.165) is 36.1 Å². The number of carbonyl (C=O) groups excluding carboxylic acids is 1. The molecular weight excluding hydrogens is 260 g/mol. The van der Waals surface area contributed by atoms with E-state index in [1.807, 2.05) is 32.0 Å². The summed E-state index contributed by atoms with van der Waals surface area (Å²) >= 11 is 0. The van der Waals surface area contributed by atoms with Crippen LogP contribution >= 0.6 is 0 Å². The first-order chi connectivity index (χ1) is 10.1. The third-order valence-electron chi connectivity index (χ3n) is 4.87. The van der Waals surface area contributed by atoms with Crippen LogP contribution in [0.15, 0.2) is 18.2 Å². The van der Waals surface area contributed by atoms with Gasteiger partial charge in [-0.05, 0) is 57.2 Å². The molecule has 2 rings (SSSR count). The number of carbonyl (C=O) groups is 1. The Morgan fingerprint density at radius 1 is 1.24 bits per heavy atom. The summed E-state index contributed by atoms with van der Waals surface area (Å²) in [5.41, 5.74) is 8.96. The van der Waals surface area contributed by atoms with Gasteiger partial charge in [-0.2, -0.15) is 0 Å². The van der Waals surface area contributed by atoms with Gasteiger partial charge in [0.15, 0.2) is 0 Å². The van der Waals surface area contributed by atoms with Crippen LogP contribution in [0.5, 0.6) is 0 Å². The van der Waals surface area contributed by atoms with Crippen molar-refractivity contribution in [3.63, 3.8) is 0 Å². The van der Waals surface area contributed by atoms with Crippen molar-refractivity contribution < 1.29 is 4.79 Å². The molecule has 0 aliphatic heterocycles. The molecule has 2 atom stereocenters. The van der Waals surface area contributed by atoms with Gasteiger partial charge in [0, 0.05) is 18.2 Å². The predicted octanol–water partition coefficient (Wildman–Crippen LogP) is 3.28. The van der Waals surface area contributed by atoms with E-state index in [1.165, 1.54) is 12.8 Å². The van der Waals surface area contributed by atoms with Gasteiger partial charge in [0.25, 0.3) is 5.91 Å². The summed E-state index contributed by atoms with van der Waals surface area (Å²) in [7, 11) is 0. The number of hydrogen-bond donors (Lipinski definition) is 1. The van der Waals surface area contributed by atoms with Crippen molar-refractivity contribution in [3.8, 4) is 0 Å². The standard InChI is InChI=1S/C18H28N2O/c1-4-20(16-11-6-5-10-15(16)12-19)18(21)17-13(2)8-7-9-14(17)3/h7-9,15-16H,4-6,10-12,19H2,1-3H3. The molecule has 1 aliphatic rings. The molecule has 1 aromatic carbocycles. The molecule has 0 bridgehead atoms. The summed E-state index contributed by atoms with van der Waals surface area (Å²) in [6, 6.07) is 6.37. The van der Waals surface area contributed by atoms with Gasteiger partial charge in [-0.3, -0.25) is 4.79 Å². The van der Waals surface area contributed by atoms with E-state index in [4.69, 9.17) is 5.73 Å². The molecule has 1 saturated carbocycles. The molecule has 2 N–H and O–H groups in total. The molecule has 1 aliphatic carbocycles.